The molecule has 5 nitrogen and oxygen atoms in total. The standard InChI is InChI=1S/C13H23N3O2/c1-11(14)13(12-3-5-15-6-4-12)16(2)7-9-18-10-8-17/h3-6,11,13,17H,7-10,14H2,1-2H3. The van der Waals surface area contributed by atoms with Gasteiger partial charge in [0.25, 0.3) is 0 Å². The van der Waals surface area contributed by atoms with Gasteiger partial charge in [0.15, 0.2) is 0 Å². The molecule has 0 bridgehead atoms. The summed E-state index contributed by atoms with van der Waals surface area (Å²) < 4.78 is 5.27. The van der Waals surface area contributed by atoms with Gasteiger partial charge in [0.1, 0.15) is 0 Å². The molecule has 0 saturated carbocycles. The molecule has 5 heteroatoms. The van der Waals surface area contributed by atoms with Crippen molar-refractivity contribution in [3.05, 3.63) is 30.1 Å². The molecule has 0 saturated heterocycles. The van der Waals surface area contributed by atoms with E-state index in [0.717, 1.165) is 12.1 Å². The van der Waals surface area contributed by atoms with E-state index >= 15 is 0 Å². The minimum atomic E-state index is 0.0234. The summed E-state index contributed by atoms with van der Waals surface area (Å²) in [5, 5.41) is 8.64. The quantitative estimate of drug-likeness (QED) is 0.657. The van der Waals surface area contributed by atoms with Crippen molar-refractivity contribution < 1.29 is 9.84 Å². The summed E-state index contributed by atoms with van der Waals surface area (Å²) in [5.41, 5.74) is 7.21. The van der Waals surface area contributed by atoms with Gasteiger partial charge in [-0.15, -0.1) is 0 Å². The Morgan fingerprint density at radius 3 is 2.61 bits per heavy atom. The SMILES string of the molecule is CC(N)C(c1ccncc1)N(C)CCOCCO. The van der Waals surface area contributed by atoms with E-state index in [1.807, 2.05) is 26.1 Å². The van der Waals surface area contributed by atoms with Gasteiger partial charge in [-0.05, 0) is 31.7 Å². The van der Waals surface area contributed by atoms with Crippen LogP contribution in [0.25, 0.3) is 0 Å². The van der Waals surface area contributed by atoms with Gasteiger partial charge < -0.3 is 15.6 Å². The van der Waals surface area contributed by atoms with Crippen LogP contribution in [0, 0.1) is 0 Å². The number of aliphatic hydroxyl groups is 1. The first kappa shape index (κ1) is 15.0. The van der Waals surface area contributed by atoms with Crippen LogP contribution < -0.4 is 5.73 Å². The summed E-state index contributed by atoms with van der Waals surface area (Å²) in [5.74, 6) is 0. The number of nitrogens with two attached hydrogens (primary N) is 1. The lowest BCUT2D eigenvalue weighted by Crippen LogP contribution is -2.38. The maximum absolute atomic E-state index is 8.64. The number of pyridine rings is 1. The van der Waals surface area contributed by atoms with Gasteiger partial charge in [0.2, 0.25) is 0 Å². The Bertz CT molecular complexity index is 319. The molecule has 0 radical (unpaired) electrons. The molecule has 1 rings (SSSR count). The molecule has 1 aromatic heterocycles. The van der Waals surface area contributed by atoms with Gasteiger partial charge in [-0.3, -0.25) is 9.88 Å². The number of likely N-dealkylation sites (N-methyl/N-ethyl adjacent to an activating group) is 1. The molecule has 102 valence electrons. The average Bonchev–Trinajstić information content (AvgIpc) is 2.36. The first-order chi connectivity index (χ1) is 8.66. The third-order valence-electron chi connectivity index (χ3n) is 2.84. The zero-order valence-corrected chi connectivity index (χ0v) is 11.1. The van der Waals surface area contributed by atoms with E-state index in [2.05, 4.69) is 9.88 Å². The molecular weight excluding hydrogens is 230 g/mol. The van der Waals surface area contributed by atoms with Crippen LogP contribution in [0.5, 0.6) is 0 Å². The number of aliphatic hydroxyl groups excluding tert-OH is 1. The molecule has 0 spiro atoms. The molecule has 3 N–H and O–H groups in total. The highest BCUT2D eigenvalue weighted by molar-refractivity contribution is 5.16. The van der Waals surface area contributed by atoms with Crippen LogP contribution in [-0.4, -0.2) is 54.4 Å². The largest absolute Gasteiger partial charge is 0.394 e. The molecule has 1 aromatic rings. The second-order valence-corrected chi connectivity index (χ2v) is 4.40. The first-order valence-corrected chi connectivity index (χ1v) is 6.21. The molecule has 0 fully saturated rings. The van der Waals surface area contributed by atoms with Crippen molar-refractivity contribution in [2.45, 2.75) is 19.0 Å². The Morgan fingerprint density at radius 1 is 1.39 bits per heavy atom. The summed E-state index contributed by atoms with van der Waals surface area (Å²) in [6, 6.07) is 4.14. The molecule has 2 atom stereocenters. The third kappa shape index (κ3) is 4.70. The maximum Gasteiger partial charge on any atom is 0.0698 e. The Kier molecular flexibility index (Phi) is 6.82. The molecule has 2 unspecified atom stereocenters. The van der Waals surface area contributed by atoms with Crippen molar-refractivity contribution in [2.75, 3.05) is 33.4 Å². The summed E-state index contributed by atoms with van der Waals surface area (Å²) >= 11 is 0. The van der Waals surface area contributed by atoms with Gasteiger partial charge in [0, 0.05) is 31.0 Å². The van der Waals surface area contributed by atoms with Crippen molar-refractivity contribution in [1.82, 2.24) is 9.88 Å². The lowest BCUT2D eigenvalue weighted by atomic mass is 10.0. The predicted octanol–water partition coefficient (Wildman–Crippen LogP) is 0.411. The monoisotopic (exact) mass is 253 g/mol. The fraction of sp³-hybridized carbons (Fsp3) is 0.615. The number of rotatable bonds is 8. The molecule has 0 aromatic carbocycles. The van der Waals surface area contributed by atoms with Crippen molar-refractivity contribution in [3.63, 3.8) is 0 Å². The average molecular weight is 253 g/mol. The number of hydrogen-bond donors (Lipinski definition) is 2. The highest BCUT2D eigenvalue weighted by Crippen LogP contribution is 2.21. The van der Waals surface area contributed by atoms with Crippen molar-refractivity contribution >= 4 is 0 Å². The number of ether oxygens (including phenoxy) is 1. The minimum absolute atomic E-state index is 0.0234. The van der Waals surface area contributed by atoms with E-state index in [4.69, 9.17) is 15.6 Å². The Labute approximate surface area is 109 Å². The van der Waals surface area contributed by atoms with Gasteiger partial charge in [0.05, 0.1) is 19.8 Å². The molecule has 0 aliphatic rings. The van der Waals surface area contributed by atoms with Crippen LogP contribution in [0.15, 0.2) is 24.5 Å². The predicted molar refractivity (Wildman–Crippen MR) is 71.2 cm³/mol. The topological polar surface area (TPSA) is 71.6 Å². The van der Waals surface area contributed by atoms with Crippen molar-refractivity contribution in [2.24, 2.45) is 5.73 Å². The second kappa shape index (κ2) is 8.16. The first-order valence-electron chi connectivity index (χ1n) is 6.21. The third-order valence-corrected chi connectivity index (χ3v) is 2.84. The van der Waals surface area contributed by atoms with Crippen LogP contribution in [0.1, 0.15) is 18.5 Å². The Balaban J connectivity index is 2.57. The Morgan fingerprint density at radius 2 is 2.06 bits per heavy atom. The van der Waals surface area contributed by atoms with Gasteiger partial charge in [-0.1, -0.05) is 0 Å². The molecule has 0 aliphatic heterocycles. The number of aromatic nitrogens is 1. The summed E-state index contributed by atoms with van der Waals surface area (Å²) in [4.78, 5) is 6.19. The van der Waals surface area contributed by atoms with Crippen LogP contribution in [0.3, 0.4) is 0 Å². The van der Waals surface area contributed by atoms with Crippen molar-refractivity contribution in [3.8, 4) is 0 Å². The van der Waals surface area contributed by atoms with E-state index in [1.54, 1.807) is 12.4 Å². The van der Waals surface area contributed by atoms with Crippen LogP contribution in [0.2, 0.25) is 0 Å². The summed E-state index contributed by atoms with van der Waals surface area (Å²) in [6.07, 6.45) is 3.56. The van der Waals surface area contributed by atoms with Gasteiger partial charge >= 0.3 is 0 Å². The summed E-state index contributed by atoms with van der Waals surface area (Å²) in [7, 11) is 2.02. The highest BCUT2D eigenvalue weighted by Gasteiger charge is 2.20. The lowest BCUT2D eigenvalue weighted by Gasteiger charge is -2.31. The fourth-order valence-electron chi connectivity index (χ4n) is 2.03. The van der Waals surface area contributed by atoms with E-state index in [1.165, 1.54) is 0 Å². The molecule has 1 heterocycles. The van der Waals surface area contributed by atoms with Crippen molar-refractivity contribution in [1.29, 1.82) is 0 Å². The van der Waals surface area contributed by atoms with E-state index in [0.29, 0.717) is 13.2 Å². The van der Waals surface area contributed by atoms with Crippen LogP contribution in [-0.2, 0) is 4.74 Å². The molecular formula is C13H23N3O2. The Hall–Kier alpha value is -1.01. The smallest absolute Gasteiger partial charge is 0.0698 e. The molecule has 0 aliphatic carbocycles. The number of nitrogens with zero attached hydrogens (tertiary/aromatic N) is 2. The van der Waals surface area contributed by atoms with Crippen LogP contribution in [0.4, 0.5) is 0 Å². The molecule has 0 amide bonds. The normalized spacial score (nSPS) is 14.7. The van der Waals surface area contributed by atoms with E-state index < -0.39 is 0 Å². The highest BCUT2D eigenvalue weighted by atomic mass is 16.5. The number of hydrogen-bond acceptors (Lipinski definition) is 5. The van der Waals surface area contributed by atoms with E-state index in [-0.39, 0.29) is 18.7 Å². The minimum Gasteiger partial charge on any atom is -0.394 e. The fourth-order valence-corrected chi connectivity index (χ4v) is 2.03. The second-order valence-electron chi connectivity index (χ2n) is 4.40. The summed E-state index contributed by atoms with van der Waals surface area (Å²) in [6.45, 7) is 3.80. The molecule has 18 heavy (non-hydrogen) atoms. The zero-order chi connectivity index (χ0) is 13.4. The van der Waals surface area contributed by atoms with E-state index in [9.17, 15) is 0 Å². The lowest BCUT2D eigenvalue weighted by molar-refractivity contribution is 0.0679. The zero-order valence-electron chi connectivity index (χ0n) is 11.1. The van der Waals surface area contributed by atoms with Gasteiger partial charge in [-0.2, -0.15) is 0 Å². The maximum atomic E-state index is 8.64. The van der Waals surface area contributed by atoms with Gasteiger partial charge in [-0.25, -0.2) is 0 Å². The van der Waals surface area contributed by atoms with Crippen LogP contribution >= 0.6 is 0 Å².